The van der Waals surface area contributed by atoms with Crippen LogP contribution in [0.15, 0.2) is 34.2 Å². The Labute approximate surface area is 155 Å². The third-order valence-electron chi connectivity index (χ3n) is 4.22. The Morgan fingerprint density at radius 2 is 2.12 bits per heavy atom. The summed E-state index contributed by atoms with van der Waals surface area (Å²) in [5, 5.41) is 15.5. The fourth-order valence-corrected chi connectivity index (χ4v) is 3.23. The molecule has 0 unspecified atom stereocenters. The standard InChI is InChI=1S/C17H19ClN4O2S/c1-2-3-8-22-16(24)14(15(23)19-17(22)25)13-9-12(20-21-13)10-4-6-11(18)7-5-10/h4-7,12,20,24H,2-3,8-9H2,1H3,(H,19,23,25)/t12-/m0/s1. The highest BCUT2D eigenvalue weighted by Gasteiger charge is 2.26. The van der Waals surface area contributed by atoms with Crippen molar-refractivity contribution in [2.24, 2.45) is 5.10 Å². The monoisotopic (exact) mass is 378 g/mol. The van der Waals surface area contributed by atoms with E-state index in [1.165, 1.54) is 0 Å². The Morgan fingerprint density at radius 3 is 2.80 bits per heavy atom. The molecule has 1 aromatic heterocycles. The molecule has 2 aromatic rings. The zero-order valence-electron chi connectivity index (χ0n) is 13.8. The zero-order valence-corrected chi connectivity index (χ0v) is 15.3. The van der Waals surface area contributed by atoms with Gasteiger partial charge in [0.05, 0.1) is 11.8 Å². The Morgan fingerprint density at radius 1 is 1.40 bits per heavy atom. The first kappa shape index (κ1) is 17.7. The van der Waals surface area contributed by atoms with E-state index in [1.807, 2.05) is 24.3 Å². The number of rotatable bonds is 5. The van der Waals surface area contributed by atoms with Gasteiger partial charge in [-0.2, -0.15) is 5.10 Å². The molecule has 1 aliphatic rings. The van der Waals surface area contributed by atoms with Crippen LogP contribution in [0.1, 0.15) is 43.4 Å². The van der Waals surface area contributed by atoms with Crippen LogP contribution < -0.4 is 11.0 Å². The fourth-order valence-electron chi connectivity index (χ4n) is 2.83. The van der Waals surface area contributed by atoms with E-state index < -0.39 is 5.56 Å². The third-order valence-corrected chi connectivity index (χ3v) is 4.80. The predicted octanol–water partition coefficient (Wildman–Crippen LogP) is 3.50. The zero-order chi connectivity index (χ0) is 18.0. The van der Waals surface area contributed by atoms with E-state index in [-0.39, 0.29) is 22.3 Å². The number of aromatic hydroxyl groups is 1. The van der Waals surface area contributed by atoms with Crippen molar-refractivity contribution >= 4 is 29.5 Å². The second-order valence-corrected chi connectivity index (χ2v) is 6.78. The fraction of sp³-hybridized carbons (Fsp3) is 0.353. The number of hydrazone groups is 1. The number of hydrogen-bond donors (Lipinski definition) is 3. The Hall–Kier alpha value is -2.12. The lowest BCUT2D eigenvalue weighted by atomic mass is 10.00. The smallest absolute Gasteiger partial charge is 0.264 e. The number of H-pyrrole nitrogens is 1. The number of benzene rings is 1. The highest BCUT2D eigenvalue weighted by atomic mass is 35.5. The van der Waals surface area contributed by atoms with Gasteiger partial charge in [-0.15, -0.1) is 0 Å². The molecule has 132 valence electrons. The second-order valence-electron chi connectivity index (χ2n) is 5.96. The minimum absolute atomic E-state index is 0.0710. The normalized spacial score (nSPS) is 16.6. The van der Waals surface area contributed by atoms with Crippen LogP contribution in [0.25, 0.3) is 0 Å². The lowest BCUT2D eigenvalue weighted by Crippen LogP contribution is -2.22. The SMILES string of the molecule is CCCCn1c(O)c(C2=NN[C@H](c3ccc(Cl)cc3)C2)c(=O)[nH]c1=S. The van der Waals surface area contributed by atoms with E-state index in [9.17, 15) is 9.90 Å². The molecule has 3 N–H and O–H groups in total. The first-order chi connectivity index (χ1) is 12.0. The molecule has 0 saturated carbocycles. The average Bonchev–Trinajstić information content (AvgIpc) is 3.04. The number of nitrogens with zero attached hydrogens (tertiary/aromatic N) is 2. The summed E-state index contributed by atoms with van der Waals surface area (Å²) >= 11 is 11.1. The molecule has 3 rings (SSSR count). The van der Waals surface area contributed by atoms with Crippen molar-refractivity contribution in [2.45, 2.75) is 38.8 Å². The number of hydrogen-bond acceptors (Lipinski definition) is 5. The maximum Gasteiger partial charge on any atom is 0.264 e. The minimum atomic E-state index is -0.424. The van der Waals surface area contributed by atoms with Gasteiger partial charge in [-0.1, -0.05) is 37.1 Å². The van der Waals surface area contributed by atoms with Gasteiger partial charge < -0.3 is 10.5 Å². The van der Waals surface area contributed by atoms with E-state index in [4.69, 9.17) is 23.8 Å². The maximum absolute atomic E-state index is 12.3. The first-order valence-electron chi connectivity index (χ1n) is 8.15. The number of aromatic amines is 1. The third kappa shape index (κ3) is 3.62. The second kappa shape index (κ2) is 7.41. The summed E-state index contributed by atoms with van der Waals surface area (Å²) in [5.41, 5.74) is 4.29. The maximum atomic E-state index is 12.3. The van der Waals surface area contributed by atoms with E-state index in [2.05, 4.69) is 22.4 Å². The summed E-state index contributed by atoms with van der Waals surface area (Å²) < 4.78 is 1.77. The molecule has 0 bridgehead atoms. The molecule has 0 amide bonds. The number of nitrogens with one attached hydrogen (secondary N) is 2. The van der Waals surface area contributed by atoms with Crippen LogP contribution in [0.2, 0.25) is 5.02 Å². The topological polar surface area (TPSA) is 82.4 Å². The Kier molecular flexibility index (Phi) is 5.24. The molecule has 1 aliphatic heterocycles. The molecule has 0 spiro atoms. The summed E-state index contributed by atoms with van der Waals surface area (Å²) in [6.07, 6.45) is 2.30. The molecule has 0 radical (unpaired) electrons. The first-order valence-corrected chi connectivity index (χ1v) is 8.94. The average molecular weight is 379 g/mol. The van der Waals surface area contributed by atoms with Gasteiger partial charge in [0.15, 0.2) is 4.77 Å². The molecule has 2 heterocycles. The highest BCUT2D eigenvalue weighted by Crippen LogP contribution is 2.27. The molecule has 0 saturated heterocycles. The van der Waals surface area contributed by atoms with Crippen LogP contribution in [-0.4, -0.2) is 20.4 Å². The molecular weight excluding hydrogens is 360 g/mol. The van der Waals surface area contributed by atoms with Crippen LogP contribution in [0.3, 0.4) is 0 Å². The van der Waals surface area contributed by atoms with Crippen LogP contribution >= 0.6 is 23.8 Å². The molecule has 1 aromatic carbocycles. The molecule has 0 aliphatic carbocycles. The molecule has 0 fully saturated rings. The predicted molar refractivity (Wildman–Crippen MR) is 101 cm³/mol. The summed E-state index contributed by atoms with van der Waals surface area (Å²) in [6, 6.07) is 7.38. The molecule has 1 atom stereocenters. The molecular formula is C17H19ClN4O2S. The van der Waals surface area contributed by atoms with Crippen LogP contribution in [0, 0.1) is 4.77 Å². The van der Waals surface area contributed by atoms with E-state index in [0.29, 0.717) is 23.7 Å². The van der Waals surface area contributed by atoms with Crippen molar-refractivity contribution in [2.75, 3.05) is 0 Å². The highest BCUT2D eigenvalue weighted by molar-refractivity contribution is 7.71. The van der Waals surface area contributed by atoms with Gasteiger partial charge in [-0.05, 0) is 36.3 Å². The van der Waals surface area contributed by atoms with Gasteiger partial charge in [0.2, 0.25) is 5.88 Å². The van der Waals surface area contributed by atoms with Gasteiger partial charge >= 0.3 is 0 Å². The van der Waals surface area contributed by atoms with Gasteiger partial charge in [-0.25, -0.2) is 0 Å². The van der Waals surface area contributed by atoms with Crippen LogP contribution in [-0.2, 0) is 6.54 Å². The summed E-state index contributed by atoms with van der Waals surface area (Å²) in [4.78, 5) is 15.0. The Bertz CT molecular complexity index is 918. The van der Waals surface area contributed by atoms with Crippen LogP contribution in [0.4, 0.5) is 0 Å². The van der Waals surface area contributed by atoms with E-state index in [1.54, 1.807) is 4.57 Å². The van der Waals surface area contributed by atoms with Crippen molar-refractivity contribution in [3.8, 4) is 5.88 Å². The van der Waals surface area contributed by atoms with Crippen molar-refractivity contribution in [3.05, 3.63) is 55.5 Å². The minimum Gasteiger partial charge on any atom is -0.494 e. The Balaban J connectivity index is 1.91. The quantitative estimate of drug-likeness (QED) is 0.695. The van der Waals surface area contributed by atoms with Crippen LogP contribution in [0.5, 0.6) is 5.88 Å². The largest absolute Gasteiger partial charge is 0.494 e. The van der Waals surface area contributed by atoms with Crippen molar-refractivity contribution in [3.63, 3.8) is 0 Å². The van der Waals surface area contributed by atoms with Gasteiger partial charge in [0.25, 0.3) is 5.56 Å². The molecule has 8 heteroatoms. The van der Waals surface area contributed by atoms with E-state index in [0.717, 1.165) is 18.4 Å². The summed E-state index contributed by atoms with van der Waals surface area (Å²) in [5.74, 6) is -0.125. The molecule has 6 nitrogen and oxygen atoms in total. The van der Waals surface area contributed by atoms with Crippen molar-refractivity contribution in [1.29, 1.82) is 0 Å². The summed E-state index contributed by atoms with van der Waals surface area (Å²) in [7, 11) is 0. The van der Waals surface area contributed by atoms with Gasteiger partial charge in [0.1, 0.15) is 5.56 Å². The molecule has 25 heavy (non-hydrogen) atoms. The number of aromatic nitrogens is 2. The van der Waals surface area contributed by atoms with E-state index >= 15 is 0 Å². The lowest BCUT2D eigenvalue weighted by molar-refractivity contribution is 0.398. The van der Waals surface area contributed by atoms with Crippen molar-refractivity contribution < 1.29 is 5.11 Å². The van der Waals surface area contributed by atoms with Crippen molar-refractivity contribution in [1.82, 2.24) is 15.0 Å². The summed E-state index contributed by atoms with van der Waals surface area (Å²) in [6.45, 7) is 2.60. The lowest BCUT2D eigenvalue weighted by Gasteiger charge is -2.13. The number of halogens is 1. The van der Waals surface area contributed by atoms with Gasteiger partial charge in [-0.3, -0.25) is 14.3 Å². The number of unbranched alkanes of at least 4 members (excludes halogenated alkanes) is 1. The van der Waals surface area contributed by atoms with Gasteiger partial charge in [0, 0.05) is 18.0 Å².